The van der Waals surface area contributed by atoms with Crippen molar-refractivity contribution in [3.8, 4) is 36.2 Å². The highest BCUT2D eigenvalue weighted by atomic mass is 16.5. The number of hydrogen-bond donors (Lipinski definition) is 0. The van der Waals surface area contributed by atoms with Gasteiger partial charge in [-0.25, -0.2) is 0 Å². The first-order valence-electron chi connectivity index (χ1n) is 12.9. The van der Waals surface area contributed by atoms with E-state index in [2.05, 4.69) is 81.1 Å². The molecule has 0 aliphatic rings. The summed E-state index contributed by atoms with van der Waals surface area (Å²) in [4.78, 5) is 0. The van der Waals surface area contributed by atoms with E-state index in [1.54, 1.807) is 0 Å². The zero-order chi connectivity index (χ0) is 24.7. The zero-order valence-electron chi connectivity index (χ0n) is 21.4. The minimum Gasteiger partial charge on any atom is -0.481 e. The second kappa shape index (κ2) is 15.1. The van der Waals surface area contributed by atoms with E-state index in [4.69, 9.17) is 22.3 Å². The monoisotopic (exact) mass is 458 g/mol. The highest BCUT2D eigenvalue weighted by Gasteiger charge is 2.34. The standard InChI is InChI=1S/C32H42O2/c1-6-10-11-12-23-32(24-22-27(5)13-7-2,28-14-18-30(19-15-28)33-25-8-3)29-16-20-31(21-17-29)34-26-9-4/h3-4,14-21,27H,6-7,10-13,22-26H2,1-2,5H3. The van der Waals surface area contributed by atoms with Crippen molar-refractivity contribution in [2.24, 2.45) is 5.92 Å². The first-order valence-corrected chi connectivity index (χ1v) is 12.9. The summed E-state index contributed by atoms with van der Waals surface area (Å²) in [5.41, 5.74) is 2.64. The van der Waals surface area contributed by atoms with Crippen molar-refractivity contribution in [2.75, 3.05) is 13.2 Å². The van der Waals surface area contributed by atoms with Crippen molar-refractivity contribution < 1.29 is 9.47 Å². The first-order chi connectivity index (χ1) is 16.6. The molecule has 0 N–H and O–H groups in total. The number of hydrogen-bond acceptors (Lipinski definition) is 2. The average Bonchev–Trinajstić information content (AvgIpc) is 2.87. The Hall–Kier alpha value is -2.84. The molecule has 2 heteroatoms. The summed E-state index contributed by atoms with van der Waals surface area (Å²) in [5, 5.41) is 0. The van der Waals surface area contributed by atoms with Crippen LogP contribution in [-0.2, 0) is 5.41 Å². The van der Waals surface area contributed by atoms with Gasteiger partial charge in [-0.1, -0.05) is 95.4 Å². The topological polar surface area (TPSA) is 18.5 Å². The SMILES string of the molecule is C#CCOc1ccc(C(CCCCCC)(CCC(C)CCC)c2ccc(OCC#C)cc2)cc1. The number of unbranched alkanes of at least 4 members (excludes halogenated alkanes) is 3. The molecule has 0 aliphatic heterocycles. The van der Waals surface area contributed by atoms with Crippen molar-refractivity contribution in [1.29, 1.82) is 0 Å². The smallest absolute Gasteiger partial charge is 0.148 e. The van der Waals surface area contributed by atoms with Gasteiger partial charge < -0.3 is 9.47 Å². The predicted octanol–water partition coefficient (Wildman–Crippen LogP) is 8.18. The Bertz CT molecular complexity index is 835. The average molecular weight is 459 g/mol. The molecule has 2 aromatic rings. The van der Waals surface area contributed by atoms with E-state index in [1.807, 2.05) is 0 Å². The molecule has 0 spiro atoms. The maximum atomic E-state index is 5.66. The molecule has 0 bridgehead atoms. The van der Waals surface area contributed by atoms with E-state index < -0.39 is 0 Å². The van der Waals surface area contributed by atoms with Gasteiger partial charge in [0.05, 0.1) is 0 Å². The normalized spacial score (nSPS) is 11.9. The highest BCUT2D eigenvalue weighted by molar-refractivity contribution is 5.43. The third-order valence-corrected chi connectivity index (χ3v) is 6.76. The fourth-order valence-corrected chi connectivity index (χ4v) is 4.84. The van der Waals surface area contributed by atoms with Crippen molar-refractivity contribution in [3.63, 3.8) is 0 Å². The molecule has 1 atom stereocenters. The van der Waals surface area contributed by atoms with Crippen molar-refractivity contribution in [2.45, 2.75) is 84.0 Å². The molecule has 2 rings (SSSR count). The van der Waals surface area contributed by atoms with Crippen LogP contribution in [0.25, 0.3) is 0 Å². The van der Waals surface area contributed by atoms with Crippen LogP contribution in [0, 0.1) is 30.6 Å². The third-order valence-electron chi connectivity index (χ3n) is 6.76. The van der Waals surface area contributed by atoms with Gasteiger partial charge in [-0.2, -0.15) is 0 Å². The van der Waals surface area contributed by atoms with Gasteiger partial charge in [0.25, 0.3) is 0 Å². The minimum absolute atomic E-state index is 0.0506. The van der Waals surface area contributed by atoms with Gasteiger partial charge in [-0.05, 0) is 60.6 Å². The molecule has 0 saturated carbocycles. The summed E-state index contributed by atoms with van der Waals surface area (Å²) in [7, 11) is 0. The Kier molecular flexibility index (Phi) is 12.2. The van der Waals surface area contributed by atoms with E-state index in [1.165, 1.54) is 56.1 Å². The summed E-state index contributed by atoms with van der Waals surface area (Å²) in [6.45, 7) is 7.51. The molecule has 0 amide bonds. The van der Waals surface area contributed by atoms with Crippen LogP contribution in [0.15, 0.2) is 48.5 Å². The van der Waals surface area contributed by atoms with Crippen LogP contribution < -0.4 is 9.47 Å². The van der Waals surface area contributed by atoms with Gasteiger partial charge in [0, 0.05) is 5.41 Å². The Labute approximate surface area is 208 Å². The van der Waals surface area contributed by atoms with Crippen LogP contribution in [0.5, 0.6) is 11.5 Å². The summed E-state index contributed by atoms with van der Waals surface area (Å²) in [6, 6.07) is 17.2. The molecular formula is C32H42O2. The molecule has 2 aromatic carbocycles. The quantitative estimate of drug-likeness (QED) is 0.186. The van der Waals surface area contributed by atoms with E-state index in [9.17, 15) is 0 Å². The second-order valence-corrected chi connectivity index (χ2v) is 9.36. The minimum atomic E-state index is -0.0506. The van der Waals surface area contributed by atoms with Gasteiger partial charge in [0.1, 0.15) is 24.7 Å². The van der Waals surface area contributed by atoms with Crippen molar-refractivity contribution in [3.05, 3.63) is 59.7 Å². The molecule has 0 radical (unpaired) electrons. The second-order valence-electron chi connectivity index (χ2n) is 9.36. The van der Waals surface area contributed by atoms with Crippen molar-refractivity contribution >= 4 is 0 Å². The van der Waals surface area contributed by atoms with Gasteiger partial charge >= 0.3 is 0 Å². The lowest BCUT2D eigenvalue weighted by Gasteiger charge is -2.37. The fraction of sp³-hybridized carbons (Fsp3) is 0.500. The Morgan fingerprint density at radius 1 is 0.706 bits per heavy atom. The Morgan fingerprint density at radius 2 is 1.24 bits per heavy atom. The Morgan fingerprint density at radius 3 is 1.68 bits per heavy atom. The maximum Gasteiger partial charge on any atom is 0.148 e. The van der Waals surface area contributed by atoms with Gasteiger partial charge in [-0.3, -0.25) is 0 Å². The molecule has 1 unspecified atom stereocenters. The predicted molar refractivity (Wildman–Crippen MR) is 144 cm³/mol. The van der Waals surface area contributed by atoms with E-state index in [0.29, 0.717) is 5.92 Å². The fourth-order valence-electron chi connectivity index (χ4n) is 4.84. The van der Waals surface area contributed by atoms with E-state index >= 15 is 0 Å². The molecule has 0 saturated heterocycles. The number of rotatable bonds is 16. The van der Waals surface area contributed by atoms with Gasteiger partial charge in [0.15, 0.2) is 0 Å². The van der Waals surface area contributed by atoms with E-state index in [0.717, 1.165) is 24.3 Å². The molecular weight excluding hydrogens is 416 g/mol. The molecule has 0 heterocycles. The van der Waals surface area contributed by atoms with Crippen LogP contribution in [0.3, 0.4) is 0 Å². The van der Waals surface area contributed by atoms with Crippen LogP contribution >= 0.6 is 0 Å². The lowest BCUT2D eigenvalue weighted by Crippen LogP contribution is -2.29. The summed E-state index contributed by atoms with van der Waals surface area (Å²) in [6.07, 6.45) is 21.7. The molecule has 34 heavy (non-hydrogen) atoms. The third kappa shape index (κ3) is 8.18. The molecule has 182 valence electrons. The maximum absolute atomic E-state index is 5.66. The number of terminal acetylenes is 2. The highest BCUT2D eigenvalue weighted by Crippen LogP contribution is 2.43. The Balaban J connectivity index is 2.45. The summed E-state index contributed by atoms with van der Waals surface area (Å²) < 4.78 is 11.3. The summed E-state index contributed by atoms with van der Waals surface area (Å²) in [5.74, 6) is 7.43. The molecule has 2 nitrogen and oxygen atoms in total. The molecule has 0 aromatic heterocycles. The van der Waals surface area contributed by atoms with Crippen LogP contribution in [0.2, 0.25) is 0 Å². The van der Waals surface area contributed by atoms with Crippen LogP contribution in [0.4, 0.5) is 0 Å². The largest absolute Gasteiger partial charge is 0.481 e. The zero-order valence-corrected chi connectivity index (χ0v) is 21.4. The number of ether oxygens (including phenoxy) is 2. The van der Waals surface area contributed by atoms with E-state index in [-0.39, 0.29) is 18.6 Å². The van der Waals surface area contributed by atoms with Gasteiger partial charge in [-0.15, -0.1) is 12.8 Å². The van der Waals surface area contributed by atoms with Crippen molar-refractivity contribution in [1.82, 2.24) is 0 Å². The lowest BCUT2D eigenvalue weighted by molar-refractivity contribution is 0.350. The molecule has 0 fully saturated rings. The van der Waals surface area contributed by atoms with Crippen LogP contribution in [0.1, 0.15) is 89.7 Å². The first kappa shape index (κ1) is 27.4. The molecule has 0 aliphatic carbocycles. The lowest BCUT2D eigenvalue weighted by atomic mass is 9.67. The van der Waals surface area contributed by atoms with Crippen LogP contribution in [-0.4, -0.2) is 13.2 Å². The number of benzene rings is 2. The summed E-state index contributed by atoms with van der Waals surface area (Å²) >= 11 is 0. The van der Waals surface area contributed by atoms with Gasteiger partial charge in [0.2, 0.25) is 0 Å².